The molecule has 1 fully saturated rings. The fourth-order valence-electron chi connectivity index (χ4n) is 3.91. The van der Waals surface area contributed by atoms with Gasteiger partial charge in [-0.3, -0.25) is 0 Å². The number of carboxylic acids is 1. The molecule has 1 saturated heterocycles. The van der Waals surface area contributed by atoms with Crippen LogP contribution < -0.4 is 5.32 Å². The molecule has 1 aromatic carbocycles. The van der Waals surface area contributed by atoms with Crippen molar-refractivity contribution in [1.29, 1.82) is 0 Å². The molecule has 8 nitrogen and oxygen atoms in total. The molecule has 0 unspecified atom stereocenters. The quantitative estimate of drug-likeness (QED) is 0.674. The standard InChI is InChI=1S/C21H32N2O6S/c1-13(2)10-18(20(24)25)22-21(26)29-17-6-8-23(9-7-17)30(27,28)19-15(4)11-14(3)12-16(19)5/h11-13,17-18H,6-10H2,1-5H3,(H,22,26)(H,24,25)/t18-/m0/s1. The summed E-state index contributed by atoms with van der Waals surface area (Å²) in [5.74, 6) is -1.00. The maximum atomic E-state index is 13.1. The number of carboxylic acid groups (broad SMARTS) is 1. The Kier molecular flexibility index (Phi) is 7.87. The molecule has 0 aromatic heterocycles. The number of carbonyl (C=O) groups excluding carboxylic acids is 1. The minimum Gasteiger partial charge on any atom is -0.480 e. The molecule has 0 bridgehead atoms. The highest BCUT2D eigenvalue weighted by Gasteiger charge is 2.33. The predicted molar refractivity (Wildman–Crippen MR) is 113 cm³/mol. The number of nitrogens with one attached hydrogen (secondary N) is 1. The van der Waals surface area contributed by atoms with Crippen molar-refractivity contribution in [3.63, 3.8) is 0 Å². The molecule has 9 heteroatoms. The van der Waals surface area contributed by atoms with Gasteiger partial charge in [-0.15, -0.1) is 0 Å². The van der Waals surface area contributed by atoms with E-state index in [2.05, 4.69) is 5.32 Å². The molecule has 1 aliphatic heterocycles. The Bertz CT molecular complexity index is 866. The fraction of sp³-hybridized carbons (Fsp3) is 0.619. The van der Waals surface area contributed by atoms with Gasteiger partial charge in [-0.1, -0.05) is 31.5 Å². The first-order valence-corrected chi connectivity index (χ1v) is 11.6. The SMILES string of the molecule is Cc1cc(C)c(S(=O)(=O)N2CCC(OC(=O)N[C@@H](CC(C)C)C(=O)O)CC2)c(C)c1. The molecule has 1 atom stereocenters. The molecule has 0 aliphatic carbocycles. The van der Waals surface area contributed by atoms with Crippen LogP contribution in [0.2, 0.25) is 0 Å². The molecule has 0 saturated carbocycles. The van der Waals surface area contributed by atoms with E-state index >= 15 is 0 Å². The van der Waals surface area contributed by atoms with Gasteiger partial charge < -0.3 is 15.2 Å². The van der Waals surface area contributed by atoms with Crippen LogP contribution >= 0.6 is 0 Å². The number of benzene rings is 1. The van der Waals surface area contributed by atoms with E-state index in [0.717, 1.165) is 16.7 Å². The van der Waals surface area contributed by atoms with Gasteiger partial charge in [0.05, 0.1) is 4.90 Å². The lowest BCUT2D eigenvalue weighted by Crippen LogP contribution is -2.45. The average Bonchev–Trinajstić information content (AvgIpc) is 2.59. The van der Waals surface area contributed by atoms with Gasteiger partial charge in [0.25, 0.3) is 0 Å². The van der Waals surface area contributed by atoms with Gasteiger partial charge in [-0.25, -0.2) is 18.0 Å². The van der Waals surface area contributed by atoms with Gasteiger partial charge in [0, 0.05) is 13.1 Å². The number of carbonyl (C=O) groups is 2. The van der Waals surface area contributed by atoms with E-state index in [1.165, 1.54) is 4.31 Å². The third kappa shape index (κ3) is 5.95. The summed E-state index contributed by atoms with van der Waals surface area (Å²) in [7, 11) is -3.64. The number of alkyl carbamates (subject to hydrolysis) is 1. The van der Waals surface area contributed by atoms with Gasteiger partial charge in [0.1, 0.15) is 12.1 Å². The molecule has 168 valence electrons. The van der Waals surface area contributed by atoms with Gasteiger partial charge >= 0.3 is 12.1 Å². The number of ether oxygens (including phenoxy) is 1. The first kappa shape index (κ1) is 24.1. The van der Waals surface area contributed by atoms with E-state index in [4.69, 9.17) is 4.74 Å². The summed E-state index contributed by atoms with van der Waals surface area (Å²) >= 11 is 0. The zero-order valence-corrected chi connectivity index (χ0v) is 19.1. The van der Waals surface area contributed by atoms with E-state index < -0.39 is 34.2 Å². The highest BCUT2D eigenvalue weighted by atomic mass is 32.2. The predicted octanol–water partition coefficient (Wildman–Crippen LogP) is 2.99. The molecular weight excluding hydrogens is 408 g/mol. The molecule has 0 spiro atoms. The summed E-state index contributed by atoms with van der Waals surface area (Å²) in [5, 5.41) is 11.6. The van der Waals surface area contributed by atoms with Crippen molar-refractivity contribution in [2.45, 2.75) is 70.9 Å². The fourth-order valence-corrected chi connectivity index (χ4v) is 5.79. The molecule has 2 rings (SSSR count). The molecule has 30 heavy (non-hydrogen) atoms. The van der Waals surface area contributed by atoms with Crippen LogP contribution in [0, 0.1) is 26.7 Å². The number of aliphatic carboxylic acids is 1. The summed E-state index contributed by atoms with van der Waals surface area (Å²) in [6.07, 6.45) is -0.215. The van der Waals surface area contributed by atoms with Crippen molar-refractivity contribution in [3.8, 4) is 0 Å². The van der Waals surface area contributed by atoms with Gasteiger partial charge in [0.15, 0.2) is 0 Å². The van der Waals surface area contributed by atoms with Gasteiger partial charge in [-0.05, 0) is 57.1 Å². The second kappa shape index (κ2) is 9.78. The zero-order valence-electron chi connectivity index (χ0n) is 18.3. The van der Waals surface area contributed by atoms with Crippen LogP contribution in [0.4, 0.5) is 4.79 Å². The molecule has 1 amide bonds. The van der Waals surface area contributed by atoms with Crippen LogP contribution in [0.15, 0.2) is 17.0 Å². The summed E-state index contributed by atoms with van der Waals surface area (Å²) in [5.41, 5.74) is 2.45. The lowest BCUT2D eigenvalue weighted by molar-refractivity contribution is -0.139. The van der Waals surface area contributed by atoms with Gasteiger partial charge in [0.2, 0.25) is 10.0 Å². The minimum absolute atomic E-state index is 0.105. The van der Waals surface area contributed by atoms with Crippen molar-refractivity contribution < 1.29 is 27.9 Å². The number of aryl methyl sites for hydroxylation is 3. The first-order valence-electron chi connectivity index (χ1n) is 10.2. The van der Waals surface area contributed by atoms with E-state index in [1.807, 2.05) is 32.9 Å². The number of hydrogen-bond acceptors (Lipinski definition) is 5. The molecule has 1 aliphatic rings. The lowest BCUT2D eigenvalue weighted by atomic mass is 10.0. The normalized spacial score (nSPS) is 17.0. The van der Waals surface area contributed by atoms with E-state index in [0.29, 0.717) is 24.2 Å². The largest absolute Gasteiger partial charge is 0.480 e. The average molecular weight is 441 g/mol. The van der Waals surface area contributed by atoms with Crippen LogP contribution in [-0.4, -0.2) is 55.1 Å². The van der Waals surface area contributed by atoms with Crippen LogP contribution in [0.5, 0.6) is 0 Å². The summed E-state index contributed by atoms with van der Waals surface area (Å²) < 4.78 is 33.0. The lowest BCUT2D eigenvalue weighted by Gasteiger charge is -2.32. The van der Waals surface area contributed by atoms with E-state index in [9.17, 15) is 23.1 Å². The van der Waals surface area contributed by atoms with Crippen LogP contribution in [0.1, 0.15) is 49.8 Å². The third-order valence-electron chi connectivity index (χ3n) is 5.17. The van der Waals surface area contributed by atoms with Crippen LogP contribution in [0.3, 0.4) is 0 Å². The highest BCUT2D eigenvalue weighted by Crippen LogP contribution is 2.28. The molecule has 1 aromatic rings. The van der Waals surface area contributed by atoms with Crippen molar-refractivity contribution in [2.75, 3.05) is 13.1 Å². The van der Waals surface area contributed by atoms with Crippen LogP contribution in [-0.2, 0) is 19.6 Å². The zero-order chi connectivity index (χ0) is 22.6. The van der Waals surface area contributed by atoms with Gasteiger partial charge in [-0.2, -0.15) is 4.31 Å². The first-order chi connectivity index (χ1) is 13.9. The Morgan fingerprint density at radius 3 is 2.17 bits per heavy atom. The number of rotatable bonds is 7. The number of hydrogen-bond donors (Lipinski definition) is 2. The number of piperidine rings is 1. The molecular formula is C21H32N2O6S. The molecule has 0 radical (unpaired) electrons. The summed E-state index contributed by atoms with van der Waals surface area (Å²) in [6, 6.07) is 2.71. The minimum atomic E-state index is -3.64. The second-order valence-corrected chi connectivity index (χ2v) is 10.3. The van der Waals surface area contributed by atoms with Crippen LogP contribution in [0.25, 0.3) is 0 Å². The number of nitrogens with zero attached hydrogens (tertiary/aromatic N) is 1. The smallest absolute Gasteiger partial charge is 0.408 e. The Balaban J connectivity index is 1.98. The Morgan fingerprint density at radius 2 is 1.70 bits per heavy atom. The number of amides is 1. The van der Waals surface area contributed by atoms with E-state index in [-0.39, 0.29) is 19.0 Å². The topological polar surface area (TPSA) is 113 Å². The maximum Gasteiger partial charge on any atom is 0.408 e. The summed E-state index contributed by atoms with van der Waals surface area (Å²) in [6.45, 7) is 9.74. The monoisotopic (exact) mass is 440 g/mol. The van der Waals surface area contributed by atoms with Crippen molar-refractivity contribution in [2.24, 2.45) is 5.92 Å². The van der Waals surface area contributed by atoms with Crippen molar-refractivity contribution in [3.05, 3.63) is 28.8 Å². The van der Waals surface area contributed by atoms with Crippen molar-refractivity contribution in [1.82, 2.24) is 9.62 Å². The molecule has 1 heterocycles. The molecule has 2 N–H and O–H groups in total. The highest BCUT2D eigenvalue weighted by molar-refractivity contribution is 7.89. The second-order valence-electron chi connectivity index (χ2n) is 8.40. The Hall–Kier alpha value is -2.13. The Morgan fingerprint density at radius 1 is 1.17 bits per heavy atom. The van der Waals surface area contributed by atoms with Crippen molar-refractivity contribution >= 4 is 22.1 Å². The number of sulfonamides is 1. The Labute approximate surface area is 178 Å². The maximum absolute atomic E-state index is 13.1. The van der Waals surface area contributed by atoms with E-state index in [1.54, 1.807) is 13.8 Å². The summed E-state index contributed by atoms with van der Waals surface area (Å²) in [4.78, 5) is 23.7. The third-order valence-corrected chi connectivity index (χ3v) is 7.38.